The van der Waals surface area contributed by atoms with Gasteiger partial charge in [0.25, 0.3) is 0 Å². The van der Waals surface area contributed by atoms with Crippen LogP contribution in [0.3, 0.4) is 0 Å². The number of amides is 1. The van der Waals surface area contributed by atoms with Crippen molar-refractivity contribution in [2.24, 2.45) is 0 Å². The monoisotopic (exact) mass is 460 g/mol. The Morgan fingerprint density at radius 2 is 1.77 bits per heavy atom. The molecule has 1 amide bonds. The van der Waals surface area contributed by atoms with Crippen LogP contribution in [0.2, 0.25) is 5.02 Å². The molecule has 2 aromatic heterocycles. The molecule has 0 N–H and O–H groups in total. The maximum absolute atomic E-state index is 12.0. The van der Waals surface area contributed by atoms with E-state index in [4.69, 9.17) is 33.2 Å². The predicted octanol–water partition coefficient (Wildman–Crippen LogP) is 4.78. The van der Waals surface area contributed by atoms with Crippen molar-refractivity contribution in [3.05, 3.63) is 39.7 Å². The number of carbonyl (C=O) groups is 1. The SMILES string of the molecule is O=C(CCl)N1CCN(c2nc(-c3ccc(Cl)cc3)nc3sc4c(c23)CCCC4)CC1. The molecule has 1 aliphatic carbocycles. The fourth-order valence-corrected chi connectivity index (χ4v) is 5.90. The van der Waals surface area contributed by atoms with Gasteiger partial charge in [-0.15, -0.1) is 22.9 Å². The summed E-state index contributed by atoms with van der Waals surface area (Å²) in [4.78, 5) is 28.6. The Hall–Kier alpha value is -1.89. The maximum atomic E-state index is 12.0. The molecule has 0 unspecified atom stereocenters. The minimum Gasteiger partial charge on any atom is -0.352 e. The third-order valence-corrected chi connectivity index (χ3v) is 7.61. The minimum absolute atomic E-state index is 0.00100. The van der Waals surface area contributed by atoms with Crippen molar-refractivity contribution < 1.29 is 4.79 Å². The van der Waals surface area contributed by atoms with E-state index in [1.165, 1.54) is 28.7 Å². The molecule has 156 valence electrons. The summed E-state index contributed by atoms with van der Waals surface area (Å²) in [5, 5.41) is 1.91. The van der Waals surface area contributed by atoms with E-state index in [0.717, 1.165) is 48.0 Å². The van der Waals surface area contributed by atoms with Gasteiger partial charge in [-0.1, -0.05) is 11.6 Å². The molecule has 3 aromatic rings. The van der Waals surface area contributed by atoms with Crippen LogP contribution in [-0.4, -0.2) is 52.8 Å². The molecule has 1 aromatic carbocycles. The van der Waals surface area contributed by atoms with Gasteiger partial charge in [0.2, 0.25) is 5.91 Å². The number of nitrogens with zero attached hydrogens (tertiary/aromatic N) is 4. The second kappa shape index (κ2) is 8.33. The average Bonchev–Trinajstić information content (AvgIpc) is 3.17. The Balaban J connectivity index is 1.59. The summed E-state index contributed by atoms with van der Waals surface area (Å²) in [6.45, 7) is 2.83. The zero-order valence-corrected chi connectivity index (χ0v) is 18.9. The number of piperazine rings is 1. The smallest absolute Gasteiger partial charge is 0.237 e. The Morgan fingerprint density at radius 3 is 2.50 bits per heavy atom. The first kappa shape index (κ1) is 20.0. The van der Waals surface area contributed by atoms with E-state index < -0.39 is 0 Å². The number of halogens is 2. The van der Waals surface area contributed by atoms with Crippen LogP contribution < -0.4 is 4.90 Å². The number of thiophene rings is 1. The largest absolute Gasteiger partial charge is 0.352 e. The molecule has 0 atom stereocenters. The number of hydrogen-bond acceptors (Lipinski definition) is 5. The minimum atomic E-state index is -0.00100. The van der Waals surface area contributed by atoms with Crippen molar-refractivity contribution in [3.63, 3.8) is 0 Å². The Labute approximate surface area is 189 Å². The van der Waals surface area contributed by atoms with Crippen LogP contribution >= 0.6 is 34.5 Å². The topological polar surface area (TPSA) is 49.3 Å². The van der Waals surface area contributed by atoms with Crippen LogP contribution in [0.5, 0.6) is 0 Å². The molecule has 0 saturated carbocycles. The molecular weight excluding hydrogens is 439 g/mol. The molecule has 3 heterocycles. The van der Waals surface area contributed by atoms with Crippen molar-refractivity contribution in [1.82, 2.24) is 14.9 Å². The number of aryl methyl sites for hydroxylation is 2. The Morgan fingerprint density at radius 1 is 1.03 bits per heavy atom. The van der Waals surface area contributed by atoms with E-state index in [9.17, 15) is 4.79 Å². The molecule has 5 nitrogen and oxygen atoms in total. The van der Waals surface area contributed by atoms with Crippen LogP contribution in [0.1, 0.15) is 23.3 Å². The van der Waals surface area contributed by atoms with Gasteiger partial charge in [-0.05, 0) is 55.5 Å². The van der Waals surface area contributed by atoms with E-state index in [1.54, 1.807) is 0 Å². The molecule has 1 saturated heterocycles. The van der Waals surface area contributed by atoms with Crippen molar-refractivity contribution >= 4 is 56.5 Å². The number of aromatic nitrogens is 2. The third-order valence-electron chi connectivity index (χ3n) is 5.94. The van der Waals surface area contributed by atoms with Gasteiger partial charge in [0, 0.05) is 41.6 Å². The van der Waals surface area contributed by atoms with Gasteiger partial charge in [0.15, 0.2) is 5.82 Å². The lowest BCUT2D eigenvalue weighted by Crippen LogP contribution is -2.49. The van der Waals surface area contributed by atoms with Crippen LogP contribution in [0.15, 0.2) is 24.3 Å². The number of alkyl halides is 1. The quantitative estimate of drug-likeness (QED) is 0.527. The predicted molar refractivity (Wildman–Crippen MR) is 124 cm³/mol. The first-order valence-corrected chi connectivity index (χ1v) is 12.0. The Bertz CT molecular complexity index is 1090. The first-order chi connectivity index (χ1) is 14.6. The van der Waals surface area contributed by atoms with Gasteiger partial charge in [-0.25, -0.2) is 9.97 Å². The van der Waals surface area contributed by atoms with Gasteiger partial charge < -0.3 is 9.80 Å². The number of fused-ring (bicyclic) bond motifs is 3. The number of rotatable bonds is 3. The molecule has 1 fully saturated rings. The molecule has 5 rings (SSSR count). The van der Waals surface area contributed by atoms with E-state index in [0.29, 0.717) is 18.1 Å². The van der Waals surface area contributed by atoms with Crippen LogP contribution in [-0.2, 0) is 17.6 Å². The lowest BCUT2D eigenvalue weighted by atomic mass is 9.96. The molecule has 0 radical (unpaired) electrons. The second-order valence-corrected chi connectivity index (χ2v) is 9.56. The van der Waals surface area contributed by atoms with Crippen LogP contribution in [0.25, 0.3) is 21.6 Å². The lowest BCUT2D eigenvalue weighted by Gasteiger charge is -2.35. The summed E-state index contributed by atoms with van der Waals surface area (Å²) in [6.07, 6.45) is 4.68. The average molecular weight is 461 g/mol. The fraction of sp³-hybridized carbons (Fsp3) is 0.409. The maximum Gasteiger partial charge on any atom is 0.237 e. The molecule has 30 heavy (non-hydrogen) atoms. The number of hydrogen-bond donors (Lipinski definition) is 0. The zero-order valence-electron chi connectivity index (χ0n) is 16.5. The summed E-state index contributed by atoms with van der Waals surface area (Å²) in [5.74, 6) is 1.77. The van der Waals surface area contributed by atoms with Crippen molar-refractivity contribution in [3.8, 4) is 11.4 Å². The van der Waals surface area contributed by atoms with E-state index >= 15 is 0 Å². The van der Waals surface area contributed by atoms with Crippen LogP contribution in [0.4, 0.5) is 5.82 Å². The highest BCUT2D eigenvalue weighted by Crippen LogP contribution is 2.41. The summed E-state index contributed by atoms with van der Waals surface area (Å²) in [5.41, 5.74) is 2.39. The van der Waals surface area contributed by atoms with Gasteiger partial charge in [0.05, 0.1) is 5.39 Å². The summed E-state index contributed by atoms with van der Waals surface area (Å²) in [6, 6.07) is 7.69. The van der Waals surface area contributed by atoms with Crippen molar-refractivity contribution in [2.75, 3.05) is 37.0 Å². The lowest BCUT2D eigenvalue weighted by molar-refractivity contribution is -0.128. The molecule has 2 aliphatic rings. The van der Waals surface area contributed by atoms with E-state index in [1.807, 2.05) is 40.5 Å². The van der Waals surface area contributed by atoms with Crippen molar-refractivity contribution in [2.45, 2.75) is 25.7 Å². The highest BCUT2D eigenvalue weighted by molar-refractivity contribution is 7.19. The standard InChI is InChI=1S/C22H22Cl2N4OS/c23-13-18(29)27-9-11-28(12-10-27)21-19-16-3-1-2-4-17(16)30-22(19)26-20(25-21)14-5-7-15(24)8-6-14/h5-8H,1-4,9-13H2. The van der Waals surface area contributed by atoms with Gasteiger partial charge in [-0.2, -0.15) is 0 Å². The number of benzene rings is 1. The Kier molecular flexibility index (Phi) is 5.56. The van der Waals surface area contributed by atoms with Crippen LogP contribution in [0, 0.1) is 0 Å². The zero-order chi connectivity index (χ0) is 20.7. The molecule has 8 heteroatoms. The fourth-order valence-electron chi connectivity index (χ4n) is 4.35. The summed E-state index contributed by atoms with van der Waals surface area (Å²) < 4.78 is 0. The normalized spacial score (nSPS) is 16.7. The second-order valence-electron chi connectivity index (χ2n) is 7.77. The molecule has 0 spiro atoms. The van der Waals surface area contributed by atoms with Gasteiger partial charge in [-0.3, -0.25) is 4.79 Å². The third kappa shape index (κ3) is 3.66. The molecule has 0 bridgehead atoms. The molecule has 1 aliphatic heterocycles. The van der Waals surface area contributed by atoms with Gasteiger partial charge >= 0.3 is 0 Å². The highest BCUT2D eigenvalue weighted by atomic mass is 35.5. The highest BCUT2D eigenvalue weighted by Gasteiger charge is 2.27. The first-order valence-electron chi connectivity index (χ1n) is 10.3. The van der Waals surface area contributed by atoms with E-state index in [2.05, 4.69) is 4.90 Å². The van der Waals surface area contributed by atoms with E-state index in [-0.39, 0.29) is 11.8 Å². The molecular formula is C22H22Cl2N4OS. The summed E-state index contributed by atoms with van der Waals surface area (Å²) >= 11 is 13.6. The number of carbonyl (C=O) groups excluding carboxylic acids is 1. The number of anilines is 1. The van der Waals surface area contributed by atoms with Gasteiger partial charge in [0.1, 0.15) is 16.5 Å². The summed E-state index contributed by atoms with van der Waals surface area (Å²) in [7, 11) is 0. The van der Waals surface area contributed by atoms with Crippen molar-refractivity contribution in [1.29, 1.82) is 0 Å².